The molecule has 0 amide bonds. The van der Waals surface area contributed by atoms with Crippen LogP contribution in [0.2, 0.25) is 0 Å². The fourth-order valence-corrected chi connectivity index (χ4v) is 2.63. The minimum Gasteiger partial charge on any atom is -0.389 e. The number of hydrogen-bond acceptors (Lipinski definition) is 5. The number of methoxy groups -OCH3 is 1. The molecule has 0 spiro atoms. The third-order valence-electron chi connectivity index (χ3n) is 3.82. The Labute approximate surface area is 147 Å². The fourth-order valence-electron chi connectivity index (χ4n) is 2.63. The van der Waals surface area contributed by atoms with Crippen molar-refractivity contribution in [3.8, 4) is 16.9 Å². The molecule has 1 unspecified atom stereocenters. The van der Waals surface area contributed by atoms with Crippen LogP contribution < -0.4 is 5.32 Å². The number of aromatic nitrogens is 3. The number of rotatable bonds is 8. The van der Waals surface area contributed by atoms with Crippen molar-refractivity contribution >= 4 is 0 Å². The van der Waals surface area contributed by atoms with Gasteiger partial charge in [0, 0.05) is 49.9 Å². The van der Waals surface area contributed by atoms with Crippen LogP contribution in [0.15, 0.2) is 61.1 Å². The van der Waals surface area contributed by atoms with E-state index in [-0.39, 0.29) is 0 Å². The predicted octanol–water partition coefficient (Wildman–Crippen LogP) is 2.03. The largest absolute Gasteiger partial charge is 0.389 e. The summed E-state index contributed by atoms with van der Waals surface area (Å²) < 4.78 is 6.82. The highest BCUT2D eigenvalue weighted by molar-refractivity contribution is 5.62. The lowest BCUT2D eigenvalue weighted by Gasteiger charge is -2.10. The fraction of sp³-hybridized carbons (Fsp3) is 0.263. The third kappa shape index (κ3) is 4.51. The molecule has 25 heavy (non-hydrogen) atoms. The molecule has 3 aromatic rings. The minimum absolute atomic E-state index is 0.313. The van der Waals surface area contributed by atoms with Crippen LogP contribution in [0, 0.1) is 0 Å². The van der Waals surface area contributed by atoms with Crippen molar-refractivity contribution in [3.63, 3.8) is 0 Å². The van der Waals surface area contributed by atoms with E-state index in [1.807, 2.05) is 53.3 Å². The van der Waals surface area contributed by atoms with Crippen molar-refractivity contribution in [2.24, 2.45) is 0 Å². The summed E-state index contributed by atoms with van der Waals surface area (Å²) >= 11 is 0. The molecule has 1 atom stereocenters. The Hall–Kier alpha value is -2.54. The molecular formula is C19H22N4O2. The summed E-state index contributed by atoms with van der Waals surface area (Å²) in [5, 5.41) is 17.8. The summed E-state index contributed by atoms with van der Waals surface area (Å²) in [5.74, 6) is 0. The van der Waals surface area contributed by atoms with Crippen LogP contribution in [-0.4, -0.2) is 46.2 Å². The lowest BCUT2D eigenvalue weighted by molar-refractivity contribution is 0.0644. The van der Waals surface area contributed by atoms with Gasteiger partial charge < -0.3 is 15.2 Å². The van der Waals surface area contributed by atoms with Crippen molar-refractivity contribution in [1.29, 1.82) is 0 Å². The molecule has 1 aromatic carbocycles. The lowest BCUT2D eigenvalue weighted by atomic mass is 10.1. The van der Waals surface area contributed by atoms with Crippen molar-refractivity contribution in [1.82, 2.24) is 20.1 Å². The second-order valence-corrected chi connectivity index (χ2v) is 5.76. The van der Waals surface area contributed by atoms with Gasteiger partial charge in [0.15, 0.2) is 0 Å². The molecule has 6 nitrogen and oxygen atoms in total. The molecule has 0 saturated carbocycles. The number of nitrogens with one attached hydrogen (secondary N) is 1. The molecule has 2 heterocycles. The summed E-state index contributed by atoms with van der Waals surface area (Å²) in [6.07, 6.45) is 5.01. The van der Waals surface area contributed by atoms with Gasteiger partial charge in [0.2, 0.25) is 0 Å². The van der Waals surface area contributed by atoms with Gasteiger partial charge in [-0.25, -0.2) is 4.68 Å². The SMILES string of the molecule is COCC(O)CNCc1cn(-c2ccccc2)nc1-c1ccncc1. The number of nitrogens with zero attached hydrogens (tertiary/aromatic N) is 3. The van der Waals surface area contributed by atoms with Crippen LogP contribution >= 0.6 is 0 Å². The first-order chi connectivity index (χ1) is 12.3. The number of aliphatic hydroxyl groups is 1. The maximum Gasteiger partial charge on any atom is 0.0973 e. The van der Waals surface area contributed by atoms with E-state index in [2.05, 4.69) is 10.3 Å². The van der Waals surface area contributed by atoms with Gasteiger partial charge in [0.05, 0.1) is 24.1 Å². The third-order valence-corrected chi connectivity index (χ3v) is 3.82. The van der Waals surface area contributed by atoms with E-state index in [4.69, 9.17) is 9.84 Å². The predicted molar refractivity (Wildman–Crippen MR) is 96.4 cm³/mol. The van der Waals surface area contributed by atoms with Crippen molar-refractivity contribution in [3.05, 3.63) is 66.6 Å². The quantitative estimate of drug-likeness (QED) is 0.657. The molecule has 0 aliphatic rings. The number of aliphatic hydroxyl groups excluding tert-OH is 1. The summed E-state index contributed by atoms with van der Waals surface area (Å²) in [7, 11) is 1.58. The van der Waals surface area contributed by atoms with E-state index < -0.39 is 6.10 Å². The Morgan fingerprint density at radius 1 is 1.16 bits per heavy atom. The Balaban J connectivity index is 1.83. The zero-order valence-corrected chi connectivity index (χ0v) is 14.2. The second-order valence-electron chi connectivity index (χ2n) is 5.76. The summed E-state index contributed by atoms with van der Waals surface area (Å²) in [6, 6.07) is 13.9. The molecule has 2 N–H and O–H groups in total. The molecule has 0 bridgehead atoms. The average molecular weight is 338 g/mol. The van der Waals surface area contributed by atoms with Gasteiger partial charge in [-0.2, -0.15) is 5.10 Å². The first-order valence-electron chi connectivity index (χ1n) is 8.20. The maximum atomic E-state index is 9.78. The van der Waals surface area contributed by atoms with Crippen LogP contribution in [-0.2, 0) is 11.3 Å². The van der Waals surface area contributed by atoms with Gasteiger partial charge in [-0.05, 0) is 24.3 Å². The van der Waals surface area contributed by atoms with Gasteiger partial charge in [0.25, 0.3) is 0 Å². The molecule has 0 aliphatic carbocycles. The van der Waals surface area contributed by atoms with Gasteiger partial charge >= 0.3 is 0 Å². The molecule has 0 radical (unpaired) electrons. The highest BCUT2D eigenvalue weighted by Crippen LogP contribution is 2.23. The summed E-state index contributed by atoms with van der Waals surface area (Å²) in [4.78, 5) is 4.07. The van der Waals surface area contributed by atoms with Crippen LogP contribution in [0.1, 0.15) is 5.56 Å². The smallest absolute Gasteiger partial charge is 0.0973 e. The molecule has 6 heteroatoms. The number of pyridine rings is 1. The van der Waals surface area contributed by atoms with E-state index in [9.17, 15) is 5.11 Å². The topological polar surface area (TPSA) is 72.2 Å². The van der Waals surface area contributed by atoms with Gasteiger partial charge in [-0.1, -0.05) is 18.2 Å². The normalized spacial score (nSPS) is 12.2. The molecule has 130 valence electrons. The highest BCUT2D eigenvalue weighted by Gasteiger charge is 2.12. The first-order valence-corrected chi connectivity index (χ1v) is 8.20. The Morgan fingerprint density at radius 2 is 1.92 bits per heavy atom. The monoisotopic (exact) mass is 338 g/mol. The van der Waals surface area contributed by atoms with Crippen molar-refractivity contribution in [2.45, 2.75) is 12.6 Å². The van der Waals surface area contributed by atoms with Crippen LogP contribution in [0.3, 0.4) is 0 Å². The molecule has 0 saturated heterocycles. The molecular weight excluding hydrogens is 316 g/mol. The van der Waals surface area contributed by atoms with E-state index >= 15 is 0 Å². The molecule has 3 rings (SSSR count). The Morgan fingerprint density at radius 3 is 2.64 bits per heavy atom. The van der Waals surface area contributed by atoms with Crippen molar-refractivity contribution < 1.29 is 9.84 Å². The Kier molecular flexibility index (Phi) is 5.90. The summed E-state index contributed by atoms with van der Waals surface area (Å²) in [6.45, 7) is 1.37. The van der Waals surface area contributed by atoms with Gasteiger partial charge in [-0.3, -0.25) is 4.98 Å². The highest BCUT2D eigenvalue weighted by atomic mass is 16.5. The van der Waals surface area contributed by atoms with E-state index in [0.29, 0.717) is 19.7 Å². The van der Waals surface area contributed by atoms with E-state index in [0.717, 1.165) is 22.5 Å². The summed E-state index contributed by atoms with van der Waals surface area (Å²) in [5.41, 5.74) is 3.97. The van der Waals surface area contributed by atoms with Crippen LogP contribution in [0.5, 0.6) is 0 Å². The van der Waals surface area contributed by atoms with Crippen molar-refractivity contribution in [2.75, 3.05) is 20.3 Å². The number of hydrogen-bond donors (Lipinski definition) is 2. The minimum atomic E-state index is -0.529. The molecule has 2 aromatic heterocycles. The van der Waals surface area contributed by atoms with Crippen LogP contribution in [0.4, 0.5) is 0 Å². The zero-order valence-electron chi connectivity index (χ0n) is 14.2. The van der Waals surface area contributed by atoms with Crippen LogP contribution in [0.25, 0.3) is 16.9 Å². The average Bonchev–Trinajstić information content (AvgIpc) is 3.08. The maximum absolute atomic E-state index is 9.78. The lowest BCUT2D eigenvalue weighted by Crippen LogP contribution is -2.29. The zero-order chi connectivity index (χ0) is 17.5. The Bertz CT molecular complexity index is 775. The van der Waals surface area contributed by atoms with Gasteiger partial charge in [-0.15, -0.1) is 0 Å². The van der Waals surface area contributed by atoms with Gasteiger partial charge in [0.1, 0.15) is 0 Å². The van der Waals surface area contributed by atoms with E-state index in [1.165, 1.54) is 0 Å². The number of ether oxygens (including phenoxy) is 1. The standard InChI is InChI=1S/C19H22N4O2/c1-25-14-18(24)12-21-11-16-13-23(17-5-3-2-4-6-17)22-19(16)15-7-9-20-10-8-15/h2-10,13,18,21,24H,11-12,14H2,1H3. The molecule has 0 fully saturated rings. The number of para-hydroxylation sites is 1. The van der Waals surface area contributed by atoms with E-state index in [1.54, 1.807) is 19.5 Å². The number of benzene rings is 1. The second kappa shape index (κ2) is 8.53. The molecule has 0 aliphatic heterocycles. The first kappa shape index (κ1) is 17.3.